The number of aryl methyl sites for hydroxylation is 1. The summed E-state index contributed by atoms with van der Waals surface area (Å²) in [6.07, 6.45) is 0. The first-order valence-electron chi connectivity index (χ1n) is 7.14. The molecule has 0 aliphatic rings. The Kier molecular flexibility index (Phi) is 5.12. The van der Waals surface area contributed by atoms with Gasteiger partial charge in [0.2, 0.25) is 5.91 Å². The molecule has 2 aromatic carbocycles. The first kappa shape index (κ1) is 15.3. The highest BCUT2D eigenvalue weighted by atomic mass is 16.1. The fourth-order valence-electron chi connectivity index (χ4n) is 2.41. The van der Waals surface area contributed by atoms with Crippen LogP contribution in [0.15, 0.2) is 48.5 Å². The van der Waals surface area contributed by atoms with Crippen LogP contribution in [0.3, 0.4) is 0 Å². The SMILES string of the molecule is CC(=O)Nc1ccc(C)cc1CN(C)Cc1ccccc1. The van der Waals surface area contributed by atoms with E-state index < -0.39 is 0 Å². The Morgan fingerprint density at radius 2 is 1.81 bits per heavy atom. The van der Waals surface area contributed by atoms with E-state index >= 15 is 0 Å². The van der Waals surface area contributed by atoms with E-state index in [1.165, 1.54) is 18.1 Å². The fourth-order valence-corrected chi connectivity index (χ4v) is 2.41. The van der Waals surface area contributed by atoms with E-state index in [4.69, 9.17) is 0 Å². The van der Waals surface area contributed by atoms with Gasteiger partial charge in [-0.2, -0.15) is 0 Å². The maximum Gasteiger partial charge on any atom is 0.221 e. The van der Waals surface area contributed by atoms with Crippen LogP contribution in [0.2, 0.25) is 0 Å². The van der Waals surface area contributed by atoms with Gasteiger partial charge in [-0.3, -0.25) is 9.69 Å². The van der Waals surface area contributed by atoms with Crippen molar-refractivity contribution in [1.29, 1.82) is 0 Å². The Morgan fingerprint density at radius 1 is 1.10 bits per heavy atom. The maximum atomic E-state index is 11.3. The lowest BCUT2D eigenvalue weighted by Crippen LogP contribution is -2.19. The highest BCUT2D eigenvalue weighted by Gasteiger charge is 2.08. The summed E-state index contributed by atoms with van der Waals surface area (Å²) in [7, 11) is 2.09. The Balaban J connectivity index is 2.10. The topological polar surface area (TPSA) is 32.3 Å². The normalized spacial score (nSPS) is 10.7. The van der Waals surface area contributed by atoms with Crippen LogP contribution >= 0.6 is 0 Å². The van der Waals surface area contributed by atoms with Crippen molar-refractivity contribution in [3.05, 3.63) is 65.2 Å². The number of anilines is 1. The highest BCUT2D eigenvalue weighted by Crippen LogP contribution is 2.20. The van der Waals surface area contributed by atoms with E-state index in [0.717, 1.165) is 24.3 Å². The molecule has 2 aromatic rings. The summed E-state index contributed by atoms with van der Waals surface area (Å²) >= 11 is 0. The van der Waals surface area contributed by atoms with E-state index in [1.54, 1.807) is 0 Å². The number of carbonyl (C=O) groups excluding carboxylic acids is 1. The highest BCUT2D eigenvalue weighted by molar-refractivity contribution is 5.89. The average molecular weight is 282 g/mol. The molecule has 0 atom stereocenters. The standard InChI is InChI=1S/C18H22N2O/c1-14-9-10-18(19-15(2)21)17(11-14)13-20(3)12-16-7-5-4-6-8-16/h4-11H,12-13H2,1-3H3,(H,19,21). The molecule has 0 radical (unpaired) electrons. The third-order valence-electron chi connectivity index (χ3n) is 3.31. The smallest absolute Gasteiger partial charge is 0.221 e. The van der Waals surface area contributed by atoms with Crippen LogP contribution in [0.1, 0.15) is 23.6 Å². The van der Waals surface area contributed by atoms with Gasteiger partial charge in [0, 0.05) is 25.7 Å². The minimum absolute atomic E-state index is 0.0363. The number of hydrogen-bond donors (Lipinski definition) is 1. The molecule has 0 fully saturated rings. The molecule has 0 aliphatic carbocycles. The van der Waals surface area contributed by atoms with Gasteiger partial charge in [-0.1, -0.05) is 48.0 Å². The van der Waals surface area contributed by atoms with Crippen molar-refractivity contribution in [3.63, 3.8) is 0 Å². The van der Waals surface area contributed by atoms with Crippen LogP contribution in [0.4, 0.5) is 5.69 Å². The molecule has 1 amide bonds. The minimum atomic E-state index is -0.0363. The molecule has 0 saturated heterocycles. The number of nitrogens with zero attached hydrogens (tertiary/aromatic N) is 1. The van der Waals surface area contributed by atoms with Gasteiger partial charge >= 0.3 is 0 Å². The summed E-state index contributed by atoms with van der Waals surface area (Å²) in [6.45, 7) is 5.29. The van der Waals surface area contributed by atoms with Gasteiger partial charge in [-0.05, 0) is 31.2 Å². The lowest BCUT2D eigenvalue weighted by Gasteiger charge is -2.19. The van der Waals surface area contributed by atoms with Crippen molar-refractivity contribution in [2.75, 3.05) is 12.4 Å². The van der Waals surface area contributed by atoms with Crippen molar-refractivity contribution in [1.82, 2.24) is 4.90 Å². The van der Waals surface area contributed by atoms with E-state index in [9.17, 15) is 4.79 Å². The summed E-state index contributed by atoms with van der Waals surface area (Å²) in [5.74, 6) is -0.0363. The largest absolute Gasteiger partial charge is 0.326 e. The van der Waals surface area contributed by atoms with Crippen LogP contribution in [-0.2, 0) is 17.9 Å². The summed E-state index contributed by atoms with van der Waals surface area (Å²) < 4.78 is 0. The Bertz CT molecular complexity index is 608. The van der Waals surface area contributed by atoms with E-state index in [0.29, 0.717) is 0 Å². The summed E-state index contributed by atoms with van der Waals surface area (Å²) in [4.78, 5) is 13.5. The lowest BCUT2D eigenvalue weighted by molar-refractivity contribution is -0.114. The molecule has 0 aliphatic heterocycles. The van der Waals surface area contributed by atoms with Crippen LogP contribution in [0, 0.1) is 6.92 Å². The number of amides is 1. The molecule has 0 unspecified atom stereocenters. The number of rotatable bonds is 5. The average Bonchev–Trinajstić information content (AvgIpc) is 2.42. The van der Waals surface area contributed by atoms with Crippen LogP contribution < -0.4 is 5.32 Å². The molecule has 0 heterocycles. The molecule has 0 bridgehead atoms. The zero-order valence-corrected chi connectivity index (χ0v) is 12.9. The predicted octanol–water partition coefficient (Wildman–Crippen LogP) is 3.59. The molecule has 2 rings (SSSR count). The first-order chi connectivity index (χ1) is 10.0. The van der Waals surface area contributed by atoms with Crippen molar-refractivity contribution >= 4 is 11.6 Å². The summed E-state index contributed by atoms with van der Waals surface area (Å²) in [5.41, 5.74) is 4.53. The second kappa shape index (κ2) is 7.04. The van der Waals surface area contributed by atoms with Crippen molar-refractivity contribution in [2.45, 2.75) is 26.9 Å². The number of carbonyl (C=O) groups is 1. The molecule has 1 N–H and O–H groups in total. The molecule has 0 spiro atoms. The fraction of sp³-hybridized carbons (Fsp3) is 0.278. The molecule has 0 aromatic heterocycles. The Hall–Kier alpha value is -2.13. The van der Waals surface area contributed by atoms with Gasteiger partial charge in [0.05, 0.1) is 0 Å². The van der Waals surface area contributed by atoms with Crippen molar-refractivity contribution in [2.24, 2.45) is 0 Å². The third-order valence-corrected chi connectivity index (χ3v) is 3.31. The van der Waals surface area contributed by atoms with Gasteiger partial charge < -0.3 is 5.32 Å². The van der Waals surface area contributed by atoms with Gasteiger partial charge in [0.25, 0.3) is 0 Å². The molecule has 21 heavy (non-hydrogen) atoms. The predicted molar refractivity (Wildman–Crippen MR) is 87.1 cm³/mol. The van der Waals surface area contributed by atoms with Crippen LogP contribution in [-0.4, -0.2) is 17.9 Å². The zero-order chi connectivity index (χ0) is 15.2. The number of hydrogen-bond acceptors (Lipinski definition) is 2. The summed E-state index contributed by atoms with van der Waals surface area (Å²) in [5, 5.41) is 2.90. The van der Waals surface area contributed by atoms with E-state index in [-0.39, 0.29) is 5.91 Å². The lowest BCUT2D eigenvalue weighted by atomic mass is 10.1. The van der Waals surface area contributed by atoms with Gasteiger partial charge in [-0.25, -0.2) is 0 Å². The number of nitrogens with one attached hydrogen (secondary N) is 1. The second-order valence-electron chi connectivity index (χ2n) is 5.50. The van der Waals surface area contributed by atoms with Gasteiger partial charge in [0.1, 0.15) is 0 Å². The van der Waals surface area contributed by atoms with Crippen LogP contribution in [0.5, 0.6) is 0 Å². The molecular formula is C18H22N2O. The van der Waals surface area contributed by atoms with Crippen LogP contribution in [0.25, 0.3) is 0 Å². The summed E-state index contributed by atoms with van der Waals surface area (Å²) in [6, 6.07) is 16.5. The third kappa shape index (κ3) is 4.72. The minimum Gasteiger partial charge on any atom is -0.326 e. The van der Waals surface area contributed by atoms with Crippen molar-refractivity contribution in [3.8, 4) is 0 Å². The molecular weight excluding hydrogens is 260 g/mol. The monoisotopic (exact) mass is 282 g/mol. The Labute approximate surface area is 126 Å². The van der Waals surface area contributed by atoms with Crippen molar-refractivity contribution < 1.29 is 4.79 Å². The van der Waals surface area contributed by atoms with E-state index in [2.05, 4.69) is 54.5 Å². The Morgan fingerprint density at radius 3 is 2.48 bits per heavy atom. The van der Waals surface area contributed by atoms with E-state index in [1.807, 2.05) is 18.2 Å². The maximum absolute atomic E-state index is 11.3. The second-order valence-corrected chi connectivity index (χ2v) is 5.50. The molecule has 0 saturated carbocycles. The van der Waals surface area contributed by atoms with Gasteiger partial charge in [0.15, 0.2) is 0 Å². The molecule has 110 valence electrons. The molecule has 3 heteroatoms. The molecule has 3 nitrogen and oxygen atoms in total. The first-order valence-corrected chi connectivity index (χ1v) is 7.14. The van der Waals surface area contributed by atoms with Gasteiger partial charge in [-0.15, -0.1) is 0 Å². The number of benzene rings is 2. The quantitative estimate of drug-likeness (QED) is 0.909. The zero-order valence-electron chi connectivity index (χ0n) is 12.9.